The van der Waals surface area contributed by atoms with Crippen molar-refractivity contribution in [3.05, 3.63) is 41.7 Å². The molecule has 0 bridgehead atoms. The molecule has 4 rings (SSSR count). The molecular formula is C21H24F3N5O4. The molecule has 2 saturated heterocycles. The summed E-state index contributed by atoms with van der Waals surface area (Å²) in [4.78, 5) is 28.2. The average Bonchev–Trinajstić information content (AvgIpc) is 3.41. The lowest BCUT2D eigenvalue weighted by Crippen LogP contribution is -2.59. The highest BCUT2D eigenvalue weighted by atomic mass is 19.4. The van der Waals surface area contributed by atoms with E-state index in [1.807, 2.05) is 4.90 Å². The van der Waals surface area contributed by atoms with Gasteiger partial charge in [0.1, 0.15) is 12.4 Å². The summed E-state index contributed by atoms with van der Waals surface area (Å²) in [7, 11) is 0. The Kier molecular flexibility index (Phi) is 6.43. The molecule has 0 saturated carbocycles. The van der Waals surface area contributed by atoms with Crippen molar-refractivity contribution in [1.29, 1.82) is 0 Å². The lowest BCUT2D eigenvalue weighted by Gasteiger charge is -2.48. The highest BCUT2D eigenvalue weighted by Crippen LogP contribution is 2.40. The zero-order chi connectivity index (χ0) is 23.5. The van der Waals surface area contributed by atoms with Crippen LogP contribution in [0.2, 0.25) is 0 Å². The van der Waals surface area contributed by atoms with Crippen LogP contribution >= 0.6 is 0 Å². The predicted molar refractivity (Wildman–Crippen MR) is 108 cm³/mol. The minimum absolute atomic E-state index is 0.0508. The number of nitrogens with zero attached hydrogens (tertiary/aromatic N) is 4. The van der Waals surface area contributed by atoms with Gasteiger partial charge in [-0.15, -0.1) is 13.2 Å². The van der Waals surface area contributed by atoms with Crippen LogP contribution in [0.15, 0.2) is 30.5 Å². The molecule has 33 heavy (non-hydrogen) atoms. The average molecular weight is 467 g/mol. The van der Waals surface area contributed by atoms with Crippen molar-refractivity contribution in [3.63, 3.8) is 0 Å². The van der Waals surface area contributed by atoms with Gasteiger partial charge in [-0.3, -0.25) is 4.79 Å². The number of hydrogen-bond acceptors (Lipinski definition) is 6. The van der Waals surface area contributed by atoms with Crippen LogP contribution in [-0.2, 0) is 22.6 Å². The first-order valence-corrected chi connectivity index (χ1v) is 10.6. The number of carbonyl (C=O) groups is 2. The molecule has 178 valence electrons. The number of hydrogen-bond donors (Lipinski definition) is 1. The van der Waals surface area contributed by atoms with Gasteiger partial charge in [-0.2, -0.15) is 15.4 Å². The second-order valence-electron chi connectivity index (χ2n) is 8.48. The first kappa shape index (κ1) is 22.9. The van der Waals surface area contributed by atoms with E-state index < -0.39 is 12.5 Å². The number of likely N-dealkylation sites (tertiary alicyclic amines) is 2. The van der Waals surface area contributed by atoms with Crippen molar-refractivity contribution in [3.8, 4) is 5.75 Å². The number of benzene rings is 1. The van der Waals surface area contributed by atoms with Crippen molar-refractivity contribution in [2.24, 2.45) is 5.41 Å². The number of amides is 2. The Morgan fingerprint density at radius 1 is 1.12 bits per heavy atom. The SMILES string of the molecule is O=C(CCCc1cn[nH]n1)N1CC2(CCN(C(=O)OCc3ccc(OC(F)(F)F)cc3)C2)C1. The summed E-state index contributed by atoms with van der Waals surface area (Å²) in [6.45, 7) is 2.27. The molecule has 9 nitrogen and oxygen atoms in total. The summed E-state index contributed by atoms with van der Waals surface area (Å²) in [6.07, 6.45) is -0.933. The largest absolute Gasteiger partial charge is 0.573 e. The Balaban J connectivity index is 1.16. The number of rotatable bonds is 7. The van der Waals surface area contributed by atoms with Crippen LogP contribution < -0.4 is 4.74 Å². The molecule has 1 aromatic heterocycles. The molecule has 1 aromatic carbocycles. The number of aryl methyl sites for hydroxylation is 1. The molecule has 2 aromatic rings. The van der Waals surface area contributed by atoms with Gasteiger partial charge in [0.05, 0.1) is 11.9 Å². The van der Waals surface area contributed by atoms with E-state index in [4.69, 9.17) is 4.74 Å². The van der Waals surface area contributed by atoms with E-state index in [1.165, 1.54) is 24.3 Å². The number of halogens is 3. The van der Waals surface area contributed by atoms with Crippen molar-refractivity contribution in [1.82, 2.24) is 25.2 Å². The molecule has 2 aliphatic heterocycles. The first-order valence-electron chi connectivity index (χ1n) is 10.6. The van der Waals surface area contributed by atoms with E-state index in [0.717, 1.165) is 12.1 Å². The zero-order valence-corrected chi connectivity index (χ0v) is 17.8. The fourth-order valence-corrected chi connectivity index (χ4v) is 4.24. The summed E-state index contributed by atoms with van der Waals surface area (Å²) in [5, 5.41) is 10.3. The lowest BCUT2D eigenvalue weighted by atomic mass is 9.79. The maximum atomic E-state index is 12.4. The Morgan fingerprint density at radius 3 is 2.52 bits per heavy atom. The molecule has 0 aliphatic carbocycles. The number of aromatic nitrogens is 3. The summed E-state index contributed by atoms with van der Waals surface area (Å²) < 4.78 is 45.8. The van der Waals surface area contributed by atoms with Gasteiger partial charge in [0, 0.05) is 38.0 Å². The lowest BCUT2D eigenvalue weighted by molar-refractivity contribution is -0.274. The molecule has 0 unspecified atom stereocenters. The minimum atomic E-state index is -4.75. The monoisotopic (exact) mass is 467 g/mol. The van der Waals surface area contributed by atoms with Gasteiger partial charge in [-0.25, -0.2) is 4.79 Å². The quantitative estimate of drug-likeness (QED) is 0.672. The zero-order valence-electron chi connectivity index (χ0n) is 17.8. The summed E-state index contributed by atoms with van der Waals surface area (Å²) in [5.41, 5.74) is 1.30. The van der Waals surface area contributed by atoms with Crippen molar-refractivity contribution in [2.75, 3.05) is 26.2 Å². The van der Waals surface area contributed by atoms with Gasteiger partial charge >= 0.3 is 12.5 Å². The van der Waals surface area contributed by atoms with Crippen LogP contribution in [0.1, 0.15) is 30.5 Å². The first-order chi connectivity index (χ1) is 15.7. The Hall–Kier alpha value is -3.31. The highest BCUT2D eigenvalue weighted by molar-refractivity contribution is 5.77. The fourth-order valence-electron chi connectivity index (χ4n) is 4.24. The second kappa shape index (κ2) is 9.28. The van der Waals surface area contributed by atoms with Gasteiger partial charge < -0.3 is 19.3 Å². The van der Waals surface area contributed by atoms with Gasteiger partial charge in [-0.1, -0.05) is 12.1 Å². The highest BCUT2D eigenvalue weighted by Gasteiger charge is 2.50. The molecule has 1 N–H and O–H groups in total. The number of nitrogens with one attached hydrogen (secondary N) is 1. The molecule has 2 aliphatic rings. The Labute approximate surface area is 187 Å². The topological polar surface area (TPSA) is 101 Å². The maximum absolute atomic E-state index is 12.4. The summed E-state index contributed by atoms with van der Waals surface area (Å²) in [5.74, 6) is -0.232. The van der Waals surface area contributed by atoms with Crippen LogP contribution in [0, 0.1) is 5.41 Å². The maximum Gasteiger partial charge on any atom is 0.573 e. The van der Waals surface area contributed by atoms with E-state index >= 15 is 0 Å². The van der Waals surface area contributed by atoms with E-state index in [-0.39, 0.29) is 23.7 Å². The third-order valence-electron chi connectivity index (χ3n) is 5.91. The predicted octanol–water partition coefficient (Wildman–Crippen LogP) is 2.90. The Bertz CT molecular complexity index is 959. The van der Waals surface area contributed by atoms with Gasteiger partial charge in [-0.05, 0) is 37.0 Å². The van der Waals surface area contributed by atoms with Crippen LogP contribution in [0.5, 0.6) is 5.75 Å². The number of carbonyl (C=O) groups excluding carboxylic acids is 2. The van der Waals surface area contributed by atoms with Crippen molar-refractivity contribution >= 4 is 12.0 Å². The van der Waals surface area contributed by atoms with E-state index in [1.54, 1.807) is 11.1 Å². The number of alkyl halides is 3. The molecule has 3 heterocycles. The summed E-state index contributed by atoms with van der Waals surface area (Å²) >= 11 is 0. The molecular weight excluding hydrogens is 443 g/mol. The minimum Gasteiger partial charge on any atom is -0.445 e. The van der Waals surface area contributed by atoms with E-state index in [9.17, 15) is 22.8 Å². The molecule has 2 amide bonds. The molecule has 2 fully saturated rings. The normalized spacial score (nSPS) is 17.2. The van der Waals surface area contributed by atoms with Gasteiger partial charge in [0.2, 0.25) is 5.91 Å². The smallest absolute Gasteiger partial charge is 0.445 e. The van der Waals surface area contributed by atoms with Crippen molar-refractivity contribution < 1.29 is 32.2 Å². The van der Waals surface area contributed by atoms with E-state index in [0.29, 0.717) is 51.0 Å². The van der Waals surface area contributed by atoms with Crippen LogP contribution in [0.25, 0.3) is 0 Å². The Morgan fingerprint density at radius 2 is 1.85 bits per heavy atom. The van der Waals surface area contributed by atoms with Crippen LogP contribution in [0.3, 0.4) is 0 Å². The van der Waals surface area contributed by atoms with Gasteiger partial charge in [0.15, 0.2) is 0 Å². The standard InChI is InChI=1S/C21H24F3N5O4/c22-21(23,24)33-17-6-4-15(5-7-17)11-32-19(31)28-9-8-20(12-28)13-29(14-20)18(30)3-1-2-16-10-25-27-26-16/h4-7,10H,1-3,8-9,11-14H2,(H,25,26,27). The van der Waals surface area contributed by atoms with Crippen LogP contribution in [0.4, 0.5) is 18.0 Å². The third-order valence-corrected chi connectivity index (χ3v) is 5.91. The number of aromatic amines is 1. The molecule has 12 heteroatoms. The second-order valence-corrected chi connectivity index (χ2v) is 8.48. The van der Waals surface area contributed by atoms with E-state index in [2.05, 4.69) is 20.1 Å². The number of H-pyrrole nitrogens is 1. The van der Waals surface area contributed by atoms with Crippen LogP contribution in [-0.4, -0.2) is 69.8 Å². The van der Waals surface area contributed by atoms with Crippen molar-refractivity contribution in [2.45, 2.75) is 38.7 Å². The molecule has 0 radical (unpaired) electrons. The van der Waals surface area contributed by atoms with Gasteiger partial charge in [0.25, 0.3) is 0 Å². The molecule has 0 atom stereocenters. The summed E-state index contributed by atoms with van der Waals surface area (Å²) in [6, 6.07) is 5.18. The third kappa shape index (κ3) is 5.93. The molecule has 1 spiro atoms. The number of ether oxygens (including phenoxy) is 2. The fraction of sp³-hybridized carbons (Fsp3) is 0.524.